The fourth-order valence-electron chi connectivity index (χ4n) is 4.13. The van der Waals surface area contributed by atoms with E-state index in [1.165, 1.54) is 17.0 Å². The molecule has 1 saturated heterocycles. The third-order valence-electron chi connectivity index (χ3n) is 6.04. The van der Waals surface area contributed by atoms with E-state index >= 15 is 0 Å². The number of rotatable bonds is 4. The molecule has 0 aliphatic carbocycles. The Kier molecular flexibility index (Phi) is 6.10. The van der Waals surface area contributed by atoms with Crippen LogP contribution >= 0.6 is 0 Å². The SMILES string of the molecule is Cc1ccc(C(=O)C2CCN(C(=O)c3cnn(-c4ccc(C)cc4)c3C(F)(F)F)CC2)cc1. The highest BCUT2D eigenvalue weighted by molar-refractivity contribution is 5.98. The molecule has 3 aromatic rings. The van der Waals surface area contributed by atoms with E-state index in [1.54, 1.807) is 24.3 Å². The Labute approximate surface area is 189 Å². The minimum absolute atomic E-state index is 0.00488. The summed E-state index contributed by atoms with van der Waals surface area (Å²) in [6.45, 7) is 4.20. The minimum Gasteiger partial charge on any atom is -0.338 e. The molecule has 1 amide bonds. The monoisotopic (exact) mass is 455 g/mol. The number of aromatic nitrogens is 2. The Hall–Kier alpha value is -3.42. The van der Waals surface area contributed by atoms with Crippen molar-refractivity contribution in [3.05, 3.63) is 82.7 Å². The van der Waals surface area contributed by atoms with Gasteiger partial charge in [0.1, 0.15) is 0 Å². The van der Waals surface area contributed by atoms with Crippen molar-refractivity contribution in [3.63, 3.8) is 0 Å². The number of nitrogens with zero attached hydrogens (tertiary/aromatic N) is 3. The molecule has 2 aromatic carbocycles. The fourth-order valence-corrected chi connectivity index (χ4v) is 4.13. The minimum atomic E-state index is -4.76. The molecular formula is C25H24F3N3O2. The van der Waals surface area contributed by atoms with Gasteiger partial charge in [0, 0.05) is 24.6 Å². The van der Waals surface area contributed by atoms with Crippen LogP contribution in [0.25, 0.3) is 5.69 Å². The van der Waals surface area contributed by atoms with E-state index in [9.17, 15) is 22.8 Å². The van der Waals surface area contributed by atoms with Gasteiger partial charge in [-0.05, 0) is 38.8 Å². The van der Waals surface area contributed by atoms with Gasteiger partial charge < -0.3 is 4.90 Å². The number of Topliss-reactive ketones (excluding diaryl/α,β-unsaturated/α-hetero) is 1. The third kappa shape index (κ3) is 4.69. The lowest BCUT2D eigenvalue weighted by molar-refractivity contribution is -0.143. The highest BCUT2D eigenvalue weighted by Crippen LogP contribution is 2.35. The van der Waals surface area contributed by atoms with Crippen molar-refractivity contribution < 1.29 is 22.8 Å². The van der Waals surface area contributed by atoms with E-state index in [0.717, 1.165) is 22.0 Å². The molecular weight excluding hydrogens is 431 g/mol. The summed E-state index contributed by atoms with van der Waals surface area (Å²) in [6.07, 6.45) is -2.96. The summed E-state index contributed by atoms with van der Waals surface area (Å²) in [7, 11) is 0. The number of amides is 1. The van der Waals surface area contributed by atoms with E-state index in [-0.39, 0.29) is 30.5 Å². The van der Waals surface area contributed by atoms with Crippen LogP contribution in [-0.4, -0.2) is 39.5 Å². The Bertz CT molecular complexity index is 1160. The number of ketones is 1. The summed E-state index contributed by atoms with van der Waals surface area (Å²) >= 11 is 0. The zero-order valence-electron chi connectivity index (χ0n) is 18.4. The second-order valence-electron chi connectivity index (χ2n) is 8.45. The first-order valence-corrected chi connectivity index (χ1v) is 10.8. The van der Waals surface area contributed by atoms with Gasteiger partial charge in [0.15, 0.2) is 11.5 Å². The van der Waals surface area contributed by atoms with Gasteiger partial charge in [0.05, 0.1) is 17.4 Å². The van der Waals surface area contributed by atoms with Crippen LogP contribution in [0, 0.1) is 19.8 Å². The van der Waals surface area contributed by atoms with Crippen LogP contribution in [0.15, 0.2) is 54.7 Å². The molecule has 172 valence electrons. The molecule has 8 heteroatoms. The summed E-state index contributed by atoms with van der Waals surface area (Å²) in [5.41, 5.74) is 1.23. The van der Waals surface area contributed by atoms with Crippen molar-refractivity contribution in [3.8, 4) is 5.69 Å². The first-order chi connectivity index (χ1) is 15.6. The van der Waals surface area contributed by atoms with Gasteiger partial charge in [-0.1, -0.05) is 47.5 Å². The first kappa shape index (κ1) is 22.8. The number of halogens is 3. The largest absolute Gasteiger partial charge is 0.434 e. The van der Waals surface area contributed by atoms with Gasteiger partial charge in [0.25, 0.3) is 5.91 Å². The molecule has 1 aliphatic heterocycles. The maximum Gasteiger partial charge on any atom is 0.434 e. The van der Waals surface area contributed by atoms with Crippen molar-refractivity contribution in [1.82, 2.24) is 14.7 Å². The molecule has 1 fully saturated rings. The highest BCUT2D eigenvalue weighted by Gasteiger charge is 2.42. The van der Waals surface area contributed by atoms with Gasteiger partial charge >= 0.3 is 6.18 Å². The number of carbonyl (C=O) groups is 2. The molecule has 0 radical (unpaired) electrons. The number of alkyl halides is 3. The number of benzene rings is 2. The van der Waals surface area contributed by atoms with Crippen molar-refractivity contribution in [1.29, 1.82) is 0 Å². The number of piperidine rings is 1. The number of hydrogen-bond donors (Lipinski definition) is 0. The van der Waals surface area contributed by atoms with Crippen LogP contribution in [0.4, 0.5) is 13.2 Å². The number of aryl methyl sites for hydroxylation is 2. The number of carbonyl (C=O) groups excluding carboxylic acids is 2. The molecule has 0 bridgehead atoms. The van der Waals surface area contributed by atoms with E-state index in [4.69, 9.17) is 0 Å². The van der Waals surface area contributed by atoms with Gasteiger partial charge in [-0.15, -0.1) is 0 Å². The lowest BCUT2D eigenvalue weighted by atomic mass is 9.88. The van der Waals surface area contributed by atoms with E-state index in [2.05, 4.69) is 5.10 Å². The van der Waals surface area contributed by atoms with Crippen molar-refractivity contribution in [2.45, 2.75) is 32.9 Å². The van der Waals surface area contributed by atoms with Crippen molar-refractivity contribution >= 4 is 11.7 Å². The summed E-state index contributed by atoms with van der Waals surface area (Å²) in [5.74, 6) is -0.971. The molecule has 0 saturated carbocycles. The van der Waals surface area contributed by atoms with Gasteiger partial charge in [-0.3, -0.25) is 9.59 Å². The summed E-state index contributed by atoms with van der Waals surface area (Å²) in [5, 5.41) is 3.88. The molecule has 4 rings (SSSR count). The highest BCUT2D eigenvalue weighted by atomic mass is 19.4. The van der Waals surface area contributed by atoms with Crippen LogP contribution < -0.4 is 0 Å². The zero-order chi connectivity index (χ0) is 23.8. The predicted octanol–water partition coefficient (Wildman–Crippen LogP) is 5.24. The second-order valence-corrected chi connectivity index (χ2v) is 8.45. The summed E-state index contributed by atoms with van der Waals surface area (Å²) < 4.78 is 42.6. The van der Waals surface area contributed by atoms with Crippen LogP contribution in [0.3, 0.4) is 0 Å². The lowest BCUT2D eigenvalue weighted by Gasteiger charge is -2.31. The van der Waals surface area contributed by atoms with Gasteiger partial charge in [-0.2, -0.15) is 18.3 Å². The molecule has 2 heterocycles. The molecule has 0 atom stereocenters. The van der Waals surface area contributed by atoms with E-state index < -0.39 is 23.3 Å². The van der Waals surface area contributed by atoms with E-state index in [0.29, 0.717) is 18.4 Å². The zero-order valence-corrected chi connectivity index (χ0v) is 18.4. The van der Waals surface area contributed by atoms with Crippen LogP contribution in [0.1, 0.15) is 50.4 Å². The fraction of sp³-hybridized carbons (Fsp3) is 0.320. The molecule has 5 nitrogen and oxygen atoms in total. The summed E-state index contributed by atoms with van der Waals surface area (Å²) in [4.78, 5) is 27.2. The molecule has 1 aliphatic rings. The standard InChI is InChI=1S/C25H24F3N3O2/c1-16-3-7-18(8-4-16)22(32)19-11-13-30(14-12-19)24(33)21-15-29-31(23(21)25(26,27)28)20-9-5-17(2)6-10-20/h3-10,15,19H,11-14H2,1-2H3. The molecule has 0 spiro atoms. The van der Waals surface area contributed by atoms with Crippen LogP contribution in [-0.2, 0) is 6.18 Å². The van der Waals surface area contributed by atoms with Gasteiger partial charge in [0.2, 0.25) is 0 Å². The smallest absolute Gasteiger partial charge is 0.338 e. The van der Waals surface area contributed by atoms with Crippen molar-refractivity contribution in [2.24, 2.45) is 5.92 Å². The van der Waals surface area contributed by atoms with Crippen LogP contribution in [0.5, 0.6) is 0 Å². The quantitative estimate of drug-likeness (QED) is 0.506. The Balaban J connectivity index is 1.52. The Morgan fingerprint density at radius 3 is 2.00 bits per heavy atom. The lowest BCUT2D eigenvalue weighted by Crippen LogP contribution is -2.40. The maximum atomic E-state index is 13.9. The molecule has 33 heavy (non-hydrogen) atoms. The predicted molar refractivity (Wildman–Crippen MR) is 117 cm³/mol. The average molecular weight is 455 g/mol. The van der Waals surface area contributed by atoms with Crippen LogP contribution in [0.2, 0.25) is 0 Å². The Morgan fingerprint density at radius 2 is 1.45 bits per heavy atom. The average Bonchev–Trinajstić information content (AvgIpc) is 3.25. The topological polar surface area (TPSA) is 55.2 Å². The number of hydrogen-bond acceptors (Lipinski definition) is 3. The second kappa shape index (κ2) is 8.84. The van der Waals surface area contributed by atoms with Crippen molar-refractivity contribution in [2.75, 3.05) is 13.1 Å². The Morgan fingerprint density at radius 1 is 0.909 bits per heavy atom. The normalized spacial score (nSPS) is 15.0. The molecule has 0 unspecified atom stereocenters. The van der Waals surface area contributed by atoms with E-state index in [1.807, 2.05) is 26.0 Å². The first-order valence-electron chi connectivity index (χ1n) is 10.8. The van der Waals surface area contributed by atoms with Gasteiger partial charge in [-0.25, -0.2) is 4.68 Å². The number of likely N-dealkylation sites (tertiary alicyclic amines) is 1. The molecule has 0 N–H and O–H groups in total. The summed E-state index contributed by atoms with van der Waals surface area (Å²) in [6, 6.07) is 13.8. The maximum absolute atomic E-state index is 13.9. The third-order valence-corrected chi connectivity index (χ3v) is 6.04. The molecule has 1 aromatic heterocycles.